The molecule has 5 rings (SSSR count). The summed E-state index contributed by atoms with van der Waals surface area (Å²) in [5.41, 5.74) is 5.47. The van der Waals surface area contributed by atoms with Gasteiger partial charge in [-0.15, -0.1) is 0 Å². The lowest BCUT2D eigenvalue weighted by Gasteiger charge is -2.37. The van der Waals surface area contributed by atoms with E-state index < -0.39 is 0 Å². The van der Waals surface area contributed by atoms with E-state index in [0.29, 0.717) is 36.4 Å². The van der Waals surface area contributed by atoms with E-state index in [-0.39, 0.29) is 24.0 Å². The lowest BCUT2D eigenvalue weighted by atomic mass is 9.74. The molecule has 7 nitrogen and oxygen atoms in total. The highest BCUT2D eigenvalue weighted by Crippen LogP contribution is 2.44. The Morgan fingerprint density at radius 3 is 2.56 bits per heavy atom. The van der Waals surface area contributed by atoms with E-state index in [1.165, 1.54) is 0 Å². The highest BCUT2D eigenvalue weighted by atomic mass is 16.5. The van der Waals surface area contributed by atoms with Crippen LogP contribution in [0.25, 0.3) is 0 Å². The zero-order valence-corrected chi connectivity index (χ0v) is 20.6. The maximum Gasteiger partial charge on any atom is 0.251 e. The maximum absolute atomic E-state index is 12.7. The molecule has 3 unspecified atom stereocenters. The van der Waals surface area contributed by atoms with Crippen LogP contribution in [0.2, 0.25) is 0 Å². The monoisotopic (exact) mass is 485 g/mol. The number of nitrogens with zero attached hydrogens (tertiary/aromatic N) is 2. The van der Waals surface area contributed by atoms with Crippen LogP contribution in [0.15, 0.2) is 65.8 Å². The van der Waals surface area contributed by atoms with Crippen molar-refractivity contribution in [1.29, 1.82) is 0 Å². The van der Waals surface area contributed by atoms with Gasteiger partial charge in [0, 0.05) is 47.5 Å². The summed E-state index contributed by atoms with van der Waals surface area (Å²) in [4.78, 5) is 22.1. The first-order valence-electron chi connectivity index (χ1n) is 12.4. The van der Waals surface area contributed by atoms with Crippen LogP contribution in [0.5, 0.6) is 11.5 Å². The fourth-order valence-corrected chi connectivity index (χ4v) is 5.22. The summed E-state index contributed by atoms with van der Waals surface area (Å²) < 4.78 is 11.2. The van der Waals surface area contributed by atoms with Crippen LogP contribution in [-0.2, 0) is 6.42 Å². The molecule has 1 aromatic heterocycles. The van der Waals surface area contributed by atoms with Crippen molar-refractivity contribution in [1.82, 2.24) is 10.3 Å². The summed E-state index contributed by atoms with van der Waals surface area (Å²) in [7, 11) is 3.26. The standard InChI is InChI=1S/C29H31N3O4/c1-35-26-16-22-23-15-21(33)10-11-25(23)32-28(24(22)17-27(26)36-2)18-6-8-19(9-7-18)29(34)31-14-12-20-5-3-4-13-30-20/h3-9,13,16-17,21,23,25,33H,10-12,14-15H2,1-2H3,(H,31,34). The second-order valence-corrected chi connectivity index (χ2v) is 9.32. The predicted octanol–water partition coefficient (Wildman–Crippen LogP) is 3.92. The fourth-order valence-electron chi connectivity index (χ4n) is 5.22. The SMILES string of the molecule is COc1cc2c(cc1OC)C1CC(O)CCC1N=C2c1ccc(C(=O)NCCc2ccccn2)cc1. The normalized spacial score (nSPS) is 20.5. The molecule has 0 bridgehead atoms. The second-order valence-electron chi connectivity index (χ2n) is 9.32. The molecule has 0 radical (unpaired) electrons. The van der Waals surface area contributed by atoms with Crippen LogP contribution in [0.1, 0.15) is 57.9 Å². The van der Waals surface area contributed by atoms with Crippen molar-refractivity contribution in [2.24, 2.45) is 4.99 Å². The predicted molar refractivity (Wildman–Crippen MR) is 138 cm³/mol. The third kappa shape index (κ3) is 4.84. The topological polar surface area (TPSA) is 93.0 Å². The fraction of sp³-hybridized carbons (Fsp3) is 0.345. The maximum atomic E-state index is 12.7. The van der Waals surface area contributed by atoms with Crippen molar-refractivity contribution >= 4 is 11.6 Å². The summed E-state index contributed by atoms with van der Waals surface area (Å²) in [5, 5.41) is 13.3. The number of carbonyl (C=O) groups excluding carboxylic acids is 1. The van der Waals surface area contributed by atoms with Gasteiger partial charge in [-0.1, -0.05) is 18.2 Å². The highest BCUT2D eigenvalue weighted by Gasteiger charge is 2.37. The third-order valence-electron chi connectivity index (χ3n) is 7.10. The number of aliphatic imine (C=N–C) groups is 1. The molecule has 2 heterocycles. The molecule has 1 amide bonds. The van der Waals surface area contributed by atoms with Gasteiger partial charge in [-0.25, -0.2) is 0 Å². The number of fused-ring (bicyclic) bond motifs is 3. The van der Waals surface area contributed by atoms with Crippen LogP contribution in [-0.4, -0.2) is 54.6 Å². The molecular formula is C29H31N3O4. The molecule has 1 fully saturated rings. The molecule has 3 atom stereocenters. The smallest absolute Gasteiger partial charge is 0.251 e. The van der Waals surface area contributed by atoms with Crippen molar-refractivity contribution in [3.8, 4) is 11.5 Å². The molecule has 0 spiro atoms. The number of hydrogen-bond acceptors (Lipinski definition) is 6. The minimum Gasteiger partial charge on any atom is -0.493 e. The quantitative estimate of drug-likeness (QED) is 0.529. The molecule has 2 aromatic carbocycles. The Labute approximate surface area is 211 Å². The summed E-state index contributed by atoms with van der Waals surface area (Å²) in [6.07, 6.45) is 4.38. The Kier molecular flexibility index (Phi) is 7.00. The number of aromatic nitrogens is 1. The second kappa shape index (κ2) is 10.5. The minimum absolute atomic E-state index is 0.101. The number of carbonyl (C=O) groups is 1. The van der Waals surface area contributed by atoms with Crippen LogP contribution < -0.4 is 14.8 Å². The Morgan fingerprint density at radius 1 is 1.06 bits per heavy atom. The van der Waals surface area contributed by atoms with Gasteiger partial charge in [-0.2, -0.15) is 0 Å². The van der Waals surface area contributed by atoms with Crippen molar-refractivity contribution in [3.05, 3.63) is 88.7 Å². The Bertz CT molecular complexity index is 1260. The zero-order valence-electron chi connectivity index (χ0n) is 20.6. The first-order valence-corrected chi connectivity index (χ1v) is 12.4. The number of nitrogens with one attached hydrogen (secondary N) is 1. The van der Waals surface area contributed by atoms with E-state index in [1.807, 2.05) is 54.6 Å². The average molecular weight is 486 g/mol. The van der Waals surface area contributed by atoms with Crippen LogP contribution in [0.4, 0.5) is 0 Å². The van der Waals surface area contributed by atoms with E-state index in [2.05, 4.69) is 10.3 Å². The van der Waals surface area contributed by atoms with E-state index >= 15 is 0 Å². The molecule has 7 heteroatoms. The van der Waals surface area contributed by atoms with Crippen molar-refractivity contribution in [2.75, 3.05) is 20.8 Å². The molecule has 186 valence electrons. The van der Waals surface area contributed by atoms with E-state index in [4.69, 9.17) is 14.5 Å². The molecule has 1 aliphatic heterocycles. The minimum atomic E-state index is -0.320. The van der Waals surface area contributed by atoms with Gasteiger partial charge in [-0.3, -0.25) is 14.8 Å². The Morgan fingerprint density at radius 2 is 1.83 bits per heavy atom. The molecule has 1 aliphatic carbocycles. The molecule has 2 N–H and O–H groups in total. The zero-order chi connectivity index (χ0) is 25.1. The number of methoxy groups -OCH3 is 2. The molecule has 36 heavy (non-hydrogen) atoms. The van der Waals surface area contributed by atoms with E-state index in [1.54, 1.807) is 20.4 Å². The number of hydrogen-bond donors (Lipinski definition) is 2. The molecule has 0 saturated heterocycles. The summed E-state index contributed by atoms with van der Waals surface area (Å²) in [6.45, 7) is 0.522. The largest absolute Gasteiger partial charge is 0.493 e. The molecule has 3 aromatic rings. The highest BCUT2D eigenvalue weighted by molar-refractivity contribution is 6.15. The molecular weight excluding hydrogens is 454 g/mol. The van der Waals surface area contributed by atoms with Crippen molar-refractivity contribution < 1.29 is 19.4 Å². The first-order chi connectivity index (χ1) is 17.6. The molecule has 1 saturated carbocycles. The van der Waals surface area contributed by atoms with Crippen molar-refractivity contribution in [3.63, 3.8) is 0 Å². The lowest BCUT2D eigenvalue weighted by molar-refractivity contribution is 0.0954. The average Bonchev–Trinajstić information content (AvgIpc) is 2.92. The van der Waals surface area contributed by atoms with Gasteiger partial charge >= 0.3 is 0 Å². The Balaban J connectivity index is 1.39. The van der Waals surface area contributed by atoms with Gasteiger partial charge in [0.05, 0.1) is 32.1 Å². The summed E-state index contributed by atoms with van der Waals surface area (Å²) in [6, 6.07) is 17.5. The number of pyridine rings is 1. The van der Waals surface area contributed by atoms with Crippen LogP contribution in [0, 0.1) is 0 Å². The first kappa shape index (κ1) is 24.0. The summed E-state index contributed by atoms with van der Waals surface area (Å²) >= 11 is 0. The number of aliphatic hydroxyl groups is 1. The summed E-state index contributed by atoms with van der Waals surface area (Å²) in [5.74, 6) is 1.34. The number of rotatable bonds is 7. The van der Waals surface area contributed by atoms with Crippen molar-refractivity contribution in [2.45, 2.75) is 43.7 Å². The van der Waals surface area contributed by atoms with Gasteiger partial charge in [0.1, 0.15) is 0 Å². The van der Waals surface area contributed by atoms with Gasteiger partial charge in [-0.05, 0) is 61.2 Å². The number of benzene rings is 2. The number of ether oxygens (including phenoxy) is 2. The third-order valence-corrected chi connectivity index (χ3v) is 7.10. The van der Waals surface area contributed by atoms with Gasteiger partial charge < -0.3 is 19.9 Å². The number of amides is 1. The van der Waals surface area contributed by atoms with Gasteiger partial charge in [0.25, 0.3) is 5.91 Å². The lowest BCUT2D eigenvalue weighted by Crippen LogP contribution is -2.34. The number of aliphatic hydroxyl groups excluding tert-OH is 1. The van der Waals surface area contributed by atoms with Crippen LogP contribution in [0.3, 0.4) is 0 Å². The van der Waals surface area contributed by atoms with Gasteiger partial charge in [0.2, 0.25) is 0 Å². The Hall–Kier alpha value is -3.71. The molecule has 2 aliphatic rings. The van der Waals surface area contributed by atoms with E-state index in [0.717, 1.165) is 40.9 Å². The van der Waals surface area contributed by atoms with E-state index in [9.17, 15) is 9.90 Å². The van der Waals surface area contributed by atoms with Crippen LogP contribution >= 0.6 is 0 Å². The van der Waals surface area contributed by atoms with Gasteiger partial charge in [0.15, 0.2) is 11.5 Å².